The van der Waals surface area contributed by atoms with Gasteiger partial charge in [0.05, 0.1) is 10.2 Å². The molecule has 0 aliphatic carbocycles. The van der Waals surface area contributed by atoms with E-state index in [1.165, 1.54) is 30.0 Å². The Bertz CT molecular complexity index is 566. The Morgan fingerprint density at radius 1 is 1.42 bits per heavy atom. The minimum Gasteiger partial charge on any atom is -0.294 e. The van der Waals surface area contributed by atoms with Gasteiger partial charge in [0.25, 0.3) is 5.69 Å². The van der Waals surface area contributed by atoms with Gasteiger partial charge in [0, 0.05) is 15.9 Å². The molecule has 0 radical (unpaired) electrons. The van der Waals surface area contributed by atoms with Crippen molar-refractivity contribution in [3.63, 3.8) is 0 Å². The van der Waals surface area contributed by atoms with Crippen LogP contribution in [0.3, 0.4) is 0 Å². The lowest BCUT2D eigenvalue weighted by molar-refractivity contribution is -0.384. The highest BCUT2D eigenvalue weighted by atomic mass is 79.9. The van der Waals surface area contributed by atoms with Crippen LogP contribution in [-0.2, 0) is 4.79 Å². The second kappa shape index (κ2) is 6.16. The lowest BCUT2D eigenvalue weighted by atomic mass is 10.1. The largest absolute Gasteiger partial charge is 0.294 e. The molecule has 0 saturated carbocycles. The summed E-state index contributed by atoms with van der Waals surface area (Å²) in [6.45, 7) is 0. The molecule has 0 fully saturated rings. The number of hydrogen-bond donors (Lipinski definition) is 0. The van der Waals surface area contributed by atoms with Gasteiger partial charge in [-0.3, -0.25) is 14.9 Å². The molecule has 1 aromatic carbocycles. The molecule has 0 bridgehead atoms. The summed E-state index contributed by atoms with van der Waals surface area (Å²) in [5.41, 5.74) is 0.817. The molecule has 4 nitrogen and oxygen atoms in total. The van der Waals surface area contributed by atoms with Crippen LogP contribution in [0.15, 0.2) is 40.2 Å². The topological polar surface area (TPSA) is 60.2 Å². The first-order chi connectivity index (χ1) is 9.06. The van der Waals surface area contributed by atoms with Crippen LogP contribution in [0.4, 0.5) is 5.69 Å². The third-order valence-corrected chi connectivity index (χ3v) is 4.59. The molecule has 1 heterocycles. The van der Waals surface area contributed by atoms with E-state index in [4.69, 9.17) is 0 Å². The third kappa shape index (κ3) is 3.78. The van der Waals surface area contributed by atoms with Crippen molar-refractivity contribution in [2.45, 2.75) is 11.7 Å². The van der Waals surface area contributed by atoms with Crippen LogP contribution in [0.5, 0.6) is 0 Å². The van der Waals surface area contributed by atoms with Crippen LogP contribution in [0.2, 0.25) is 0 Å². The van der Waals surface area contributed by atoms with Crippen molar-refractivity contribution >= 4 is 45.2 Å². The van der Waals surface area contributed by atoms with E-state index in [1.54, 1.807) is 18.2 Å². The van der Waals surface area contributed by atoms with Crippen molar-refractivity contribution in [3.05, 3.63) is 55.9 Å². The molecule has 1 unspecified atom stereocenters. The fourth-order valence-corrected chi connectivity index (χ4v) is 3.31. The molecule has 6 heteroatoms. The fourth-order valence-electron chi connectivity index (χ4n) is 1.60. The lowest BCUT2D eigenvalue weighted by Crippen LogP contribution is -2.10. The maximum atomic E-state index is 11.9. The first kappa shape index (κ1) is 14.0. The standard InChI is InChI=1S/C13H10BrNO3S/c14-13-8-7-12(19-13)11(16)6-3-9-1-4-10(5-2-9)15(17)18/h1-6,8,12H,7H2/b6-3+. The van der Waals surface area contributed by atoms with E-state index in [0.717, 1.165) is 15.8 Å². The maximum absolute atomic E-state index is 11.9. The number of thioether (sulfide) groups is 1. The summed E-state index contributed by atoms with van der Waals surface area (Å²) < 4.78 is 0.995. The average Bonchev–Trinajstić information content (AvgIpc) is 2.83. The van der Waals surface area contributed by atoms with E-state index in [2.05, 4.69) is 15.9 Å². The van der Waals surface area contributed by atoms with Crippen LogP contribution in [-0.4, -0.2) is 16.0 Å². The normalized spacial score (nSPS) is 18.6. The Morgan fingerprint density at radius 3 is 2.63 bits per heavy atom. The van der Waals surface area contributed by atoms with Gasteiger partial charge in [-0.25, -0.2) is 0 Å². The zero-order valence-electron chi connectivity index (χ0n) is 9.78. The van der Waals surface area contributed by atoms with Crippen LogP contribution >= 0.6 is 27.7 Å². The predicted octanol–water partition coefficient (Wildman–Crippen LogP) is 3.92. The van der Waals surface area contributed by atoms with Crippen LogP contribution in [0.25, 0.3) is 6.08 Å². The molecule has 1 aliphatic heterocycles. The smallest absolute Gasteiger partial charge is 0.269 e. The lowest BCUT2D eigenvalue weighted by Gasteiger charge is -2.02. The highest BCUT2D eigenvalue weighted by Gasteiger charge is 2.21. The van der Waals surface area contributed by atoms with Gasteiger partial charge in [-0.1, -0.05) is 12.2 Å². The number of rotatable bonds is 4. The van der Waals surface area contributed by atoms with Crippen LogP contribution in [0.1, 0.15) is 12.0 Å². The first-order valence-corrected chi connectivity index (χ1v) is 7.22. The van der Waals surface area contributed by atoms with Gasteiger partial charge >= 0.3 is 0 Å². The molecule has 1 aliphatic rings. The van der Waals surface area contributed by atoms with Crippen LogP contribution in [0, 0.1) is 10.1 Å². The van der Waals surface area contributed by atoms with Gasteiger partial charge in [-0.15, -0.1) is 11.8 Å². The van der Waals surface area contributed by atoms with Gasteiger partial charge in [0.1, 0.15) is 0 Å². The van der Waals surface area contributed by atoms with Gasteiger partial charge in [-0.2, -0.15) is 0 Å². The quantitative estimate of drug-likeness (QED) is 0.474. The Balaban J connectivity index is 1.98. The van der Waals surface area contributed by atoms with Crippen molar-refractivity contribution in [1.29, 1.82) is 0 Å². The van der Waals surface area contributed by atoms with E-state index < -0.39 is 4.92 Å². The zero-order valence-corrected chi connectivity index (χ0v) is 12.2. The Hall–Kier alpha value is -1.40. The molecular formula is C13H10BrNO3S. The van der Waals surface area contributed by atoms with Crippen molar-refractivity contribution < 1.29 is 9.72 Å². The van der Waals surface area contributed by atoms with E-state index in [-0.39, 0.29) is 16.7 Å². The summed E-state index contributed by atoms with van der Waals surface area (Å²) in [5, 5.41) is 10.4. The summed E-state index contributed by atoms with van der Waals surface area (Å²) in [7, 11) is 0. The second-order valence-electron chi connectivity index (χ2n) is 3.93. The van der Waals surface area contributed by atoms with E-state index in [1.807, 2.05) is 6.08 Å². The van der Waals surface area contributed by atoms with E-state index in [9.17, 15) is 14.9 Å². The molecule has 98 valence electrons. The van der Waals surface area contributed by atoms with Gasteiger partial charge in [0.2, 0.25) is 0 Å². The first-order valence-electron chi connectivity index (χ1n) is 5.55. The number of hydrogen-bond acceptors (Lipinski definition) is 4. The monoisotopic (exact) mass is 339 g/mol. The molecule has 1 aromatic rings. The highest BCUT2D eigenvalue weighted by Crippen LogP contribution is 2.36. The second-order valence-corrected chi connectivity index (χ2v) is 6.56. The molecule has 0 spiro atoms. The van der Waals surface area contributed by atoms with Crippen molar-refractivity contribution in [2.75, 3.05) is 0 Å². The molecule has 19 heavy (non-hydrogen) atoms. The number of nitrogens with zero attached hydrogens (tertiary/aromatic N) is 1. The number of allylic oxidation sites excluding steroid dienone is 2. The Kier molecular flexibility index (Phi) is 4.55. The minimum absolute atomic E-state index is 0.0444. The van der Waals surface area contributed by atoms with Gasteiger partial charge in [0.15, 0.2) is 5.78 Å². The predicted molar refractivity (Wildman–Crippen MR) is 80.1 cm³/mol. The van der Waals surface area contributed by atoms with Crippen molar-refractivity contribution in [1.82, 2.24) is 0 Å². The maximum Gasteiger partial charge on any atom is 0.269 e. The number of nitro groups is 1. The van der Waals surface area contributed by atoms with Gasteiger partial charge in [-0.05, 0) is 46.1 Å². The fraction of sp³-hybridized carbons (Fsp3) is 0.154. The van der Waals surface area contributed by atoms with Crippen molar-refractivity contribution in [3.8, 4) is 0 Å². The Labute approximate surface area is 122 Å². The minimum atomic E-state index is -0.447. The molecular weight excluding hydrogens is 330 g/mol. The summed E-state index contributed by atoms with van der Waals surface area (Å²) in [6.07, 6.45) is 5.92. The number of benzene rings is 1. The molecule has 0 aromatic heterocycles. The van der Waals surface area contributed by atoms with E-state index in [0.29, 0.717) is 0 Å². The number of carbonyl (C=O) groups is 1. The van der Waals surface area contributed by atoms with Crippen LogP contribution < -0.4 is 0 Å². The Morgan fingerprint density at radius 2 is 2.11 bits per heavy atom. The molecule has 2 rings (SSSR count). The summed E-state index contributed by atoms with van der Waals surface area (Å²) >= 11 is 4.85. The number of nitro benzene ring substituents is 1. The molecule has 0 N–H and O–H groups in total. The molecule has 0 saturated heterocycles. The number of halogens is 1. The molecule has 0 amide bonds. The SMILES string of the molecule is O=C(/C=C/c1ccc([N+](=O)[O-])cc1)C1CC=C(Br)S1. The summed E-state index contributed by atoms with van der Waals surface area (Å²) in [6, 6.07) is 6.09. The van der Waals surface area contributed by atoms with Gasteiger partial charge < -0.3 is 0 Å². The third-order valence-electron chi connectivity index (χ3n) is 2.61. The number of non-ortho nitro benzene ring substituents is 1. The molecule has 1 atom stereocenters. The van der Waals surface area contributed by atoms with E-state index >= 15 is 0 Å². The number of carbonyl (C=O) groups excluding carboxylic acids is 1. The highest BCUT2D eigenvalue weighted by molar-refractivity contribution is 9.14. The zero-order chi connectivity index (χ0) is 13.8. The number of ketones is 1. The summed E-state index contributed by atoms with van der Waals surface area (Å²) in [5.74, 6) is 0.0500. The van der Waals surface area contributed by atoms with Crippen molar-refractivity contribution in [2.24, 2.45) is 0 Å². The summed E-state index contributed by atoms with van der Waals surface area (Å²) in [4.78, 5) is 21.9. The average molecular weight is 340 g/mol.